The summed E-state index contributed by atoms with van der Waals surface area (Å²) in [5.41, 5.74) is 0.991. The summed E-state index contributed by atoms with van der Waals surface area (Å²) in [6, 6.07) is 12.9. The molecule has 0 aliphatic carbocycles. The smallest absolute Gasteiger partial charge is 0.146 e. The fraction of sp³-hybridized carbons (Fsp3) is 0.143. The SMILES string of the molecule is CNCc1cc(Cl)ccc1Oc1ccccc1Cl. The largest absolute Gasteiger partial charge is 0.455 e. The first-order valence-electron chi connectivity index (χ1n) is 5.56. The minimum absolute atomic E-state index is 0.586. The fourth-order valence-corrected chi connectivity index (χ4v) is 1.99. The minimum Gasteiger partial charge on any atom is -0.455 e. The van der Waals surface area contributed by atoms with E-state index >= 15 is 0 Å². The summed E-state index contributed by atoms with van der Waals surface area (Å²) in [4.78, 5) is 0. The van der Waals surface area contributed by atoms with Crippen LogP contribution in [0.3, 0.4) is 0 Å². The third kappa shape index (κ3) is 3.16. The molecule has 0 amide bonds. The second kappa shape index (κ2) is 6.10. The number of halogens is 2. The second-order valence-electron chi connectivity index (χ2n) is 3.81. The molecule has 0 aliphatic rings. The van der Waals surface area contributed by atoms with E-state index in [1.165, 1.54) is 0 Å². The van der Waals surface area contributed by atoms with Crippen LogP contribution in [0, 0.1) is 0 Å². The van der Waals surface area contributed by atoms with Gasteiger partial charge in [0, 0.05) is 17.1 Å². The van der Waals surface area contributed by atoms with Crippen LogP contribution in [0.5, 0.6) is 11.5 Å². The molecule has 0 saturated heterocycles. The fourth-order valence-electron chi connectivity index (χ4n) is 1.62. The van der Waals surface area contributed by atoms with E-state index in [0.29, 0.717) is 22.3 Å². The van der Waals surface area contributed by atoms with Crippen LogP contribution in [-0.2, 0) is 6.54 Å². The number of hydrogen-bond donors (Lipinski definition) is 1. The van der Waals surface area contributed by atoms with E-state index < -0.39 is 0 Å². The molecule has 0 saturated carbocycles. The van der Waals surface area contributed by atoms with Gasteiger partial charge in [-0.2, -0.15) is 0 Å². The lowest BCUT2D eigenvalue weighted by atomic mass is 10.2. The summed E-state index contributed by atoms with van der Waals surface area (Å²) < 4.78 is 5.82. The van der Waals surface area contributed by atoms with E-state index in [0.717, 1.165) is 11.3 Å². The number of para-hydroxylation sites is 1. The predicted octanol–water partition coefficient (Wildman–Crippen LogP) is 4.51. The van der Waals surface area contributed by atoms with Crippen molar-refractivity contribution in [2.45, 2.75) is 6.54 Å². The number of hydrogen-bond acceptors (Lipinski definition) is 2. The molecule has 4 heteroatoms. The van der Waals surface area contributed by atoms with E-state index in [2.05, 4.69) is 5.32 Å². The van der Waals surface area contributed by atoms with Crippen LogP contribution in [-0.4, -0.2) is 7.05 Å². The van der Waals surface area contributed by atoms with Crippen LogP contribution in [0.4, 0.5) is 0 Å². The average molecular weight is 282 g/mol. The molecule has 0 aliphatic heterocycles. The van der Waals surface area contributed by atoms with E-state index in [1.807, 2.05) is 37.4 Å². The molecule has 2 rings (SSSR count). The summed E-state index contributed by atoms with van der Waals surface area (Å²) in [5, 5.41) is 4.35. The van der Waals surface area contributed by atoms with E-state index in [4.69, 9.17) is 27.9 Å². The third-order valence-electron chi connectivity index (χ3n) is 2.45. The maximum atomic E-state index is 6.07. The summed E-state index contributed by atoms with van der Waals surface area (Å²) in [6.45, 7) is 0.681. The molecular weight excluding hydrogens is 269 g/mol. The second-order valence-corrected chi connectivity index (χ2v) is 4.66. The summed E-state index contributed by atoms with van der Waals surface area (Å²) in [5.74, 6) is 1.39. The van der Waals surface area contributed by atoms with E-state index in [9.17, 15) is 0 Å². The Labute approximate surface area is 116 Å². The standard InChI is InChI=1S/C14H13Cl2NO/c1-17-9-10-8-11(15)6-7-13(10)18-14-5-3-2-4-12(14)16/h2-8,17H,9H2,1H3. The number of rotatable bonds is 4. The molecule has 0 fully saturated rings. The van der Waals surface area contributed by atoms with Crippen molar-refractivity contribution < 1.29 is 4.74 Å². The Kier molecular flexibility index (Phi) is 4.48. The van der Waals surface area contributed by atoms with Crippen LogP contribution in [0.15, 0.2) is 42.5 Å². The van der Waals surface area contributed by atoms with Crippen molar-refractivity contribution in [2.24, 2.45) is 0 Å². The Morgan fingerprint density at radius 2 is 1.83 bits per heavy atom. The molecule has 0 spiro atoms. The molecule has 18 heavy (non-hydrogen) atoms. The van der Waals surface area contributed by atoms with Crippen LogP contribution >= 0.6 is 23.2 Å². The first-order chi connectivity index (χ1) is 8.70. The zero-order chi connectivity index (χ0) is 13.0. The van der Waals surface area contributed by atoms with Gasteiger partial charge >= 0.3 is 0 Å². The normalized spacial score (nSPS) is 10.4. The van der Waals surface area contributed by atoms with Crippen molar-refractivity contribution in [1.82, 2.24) is 5.32 Å². The van der Waals surface area contributed by atoms with Gasteiger partial charge in [0.15, 0.2) is 0 Å². The molecule has 0 heterocycles. The Hall–Kier alpha value is -1.22. The molecule has 2 aromatic carbocycles. The minimum atomic E-state index is 0.586. The monoisotopic (exact) mass is 281 g/mol. The Morgan fingerprint density at radius 3 is 2.56 bits per heavy atom. The Balaban J connectivity index is 2.31. The van der Waals surface area contributed by atoms with Crippen LogP contribution in [0.25, 0.3) is 0 Å². The molecule has 0 atom stereocenters. The molecule has 0 bridgehead atoms. The molecule has 0 radical (unpaired) electrons. The van der Waals surface area contributed by atoms with Crippen molar-refractivity contribution >= 4 is 23.2 Å². The van der Waals surface area contributed by atoms with Crippen molar-refractivity contribution in [3.8, 4) is 11.5 Å². The van der Waals surface area contributed by atoms with Crippen molar-refractivity contribution in [3.05, 3.63) is 58.1 Å². The molecule has 0 unspecified atom stereocenters. The lowest BCUT2D eigenvalue weighted by Gasteiger charge is -2.12. The van der Waals surface area contributed by atoms with E-state index in [-0.39, 0.29) is 0 Å². The van der Waals surface area contributed by atoms with Crippen LogP contribution in [0.2, 0.25) is 10.0 Å². The quantitative estimate of drug-likeness (QED) is 0.891. The van der Waals surface area contributed by atoms with Crippen molar-refractivity contribution in [3.63, 3.8) is 0 Å². The molecule has 94 valence electrons. The molecule has 0 aromatic heterocycles. The molecule has 2 nitrogen and oxygen atoms in total. The molecule has 2 aromatic rings. The van der Waals surface area contributed by atoms with Gasteiger partial charge in [-0.05, 0) is 37.4 Å². The summed E-state index contributed by atoms with van der Waals surface area (Å²) in [7, 11) is 1.88. The lowest BCUT2D eigenvalue weighted by Crippen LogP contribution is -2.06. The van der Waals surface area contributed by atoms with Gasteiger partial charge in [-0.25, -0.2) is 0 Å². The number of ether oxygens (including phenoxy) is 1. The topological polar surface area (TPSA) is 21.3 Å². The van der Waals surface area contributed by atoms with Gasteiger partial charge in [0.1, 0.15) is 11.5 Å². The third-order valence-corrected chi connectivity index (χ3v) is 2.99. The van der Waals surface area contributed by atoms with Gasteiger partial charge in [0.05, 0.1) is 5.02 Å². The number of benzene rings is 2. The highest BCUT2D eigenvalue weighted by Gasteiger charge is 2.07. The van der Waals surface area contributed by atoms with Crippen molar-refractivity contribution in [1.29, 1.82) is 0 Å². The highest BCUT2D eigenvalue weighted by Crippen LogP contribution is 2.32. The highest BCUT2D eigenvalue weighted by molar-refractivity contribution is 6.32. The zero-order valence-electron chi connectivity index (χ0n) is 9.91. The molecular formula is C14H13Cl2NO. The predicted molar refractivity (Wildman–Crippen MR) is 75.7 cm³/mol. The summed E-state index contributed by atoms with van der Waals surface area (Å²) >= 11 is 12.0. The van der Waals surface area contributed by atoms with Gasteiger partial charge in [-0.3, -0.25) is 0 Å². The first kappa shape index (κ1) is 13.2. The Morgan fingerprint density at radius 1 is 1.06 bits per heavy atom. The van der Waals surface area contributed by atoms with Crippen LogP contribution < -0.4 is 10.1 Å². The van der Waals surface area contributed by atoms with E-state index in [1.54, 1.807) is 12.1 Å². The van der Waals surface area contributed by atoms with Gasteiger partial charge < -0.3 is 10.1 Å². The highest BCUT2D eigenvalue weighted by atomic mass is 35.5. The maximum absolute atomic E-state index is 6.07. The Bertz CT molecular complexity index is 543. The summed E-state index contributed by atoms with van der Waals surface area (Å²) in [6.07, 6.45) is 0. The molecule has 1 N–H and O–H groups in total. The van der Waals surface area contributed by atoms with Gasteiger partial charge in [0.25, 0.3) is 0 Å². The van der Waals surface area contributed by atoms with Crippen LogP contribution in [0.1, 0.15) is 5.56 Å². The average Bonchev–Trinajstić information content (AvgIpc) is 2.35. The van der Waals surface area contributed by atoms with Gasteiger partial charge in [-0.1, -0.05) is 35.3 Å². The number of nitrogens with one attached hydrogen (secondary N) is 1. The van der Waals surface area contributed by atoms with Crippen molar-refractivity contribution in [2.75, 3.05) is 7.05 Å². The maximum Gasteiger partial charge on any atom is 0.146 e. The zero-order valence-corrected chi connectivity index (χ0v) is 11.4. The lowest BCUT2D eigenvalue weighted by molar-refractivity contribution is 0.474. The van der Waals surface area contributed by atoms with Gasteiger partial charge in [0.2, 0.25) is 0 Å². The van der Waals surface area contributed by atoms with Gasteiger partial charge in [-0.15, -0.1) is 0 Å². The first-order valence-corrected chi connectivity index (χ1v) is 6.31.